The van der Waals surface area contributed by atoms with Gasteiger partial charge in [-0.1, -0.05) is 81.7 Å². The van der Waals surface area contributed by atoms with Crippen molar-refractivity contribution in [2.45, 2.75) is 64.8 Å². The average molecular weight is 393 g/mol. The number of hydrogen-bond donors (Lipinski definition) is 0. The van der Waals surface area contributed by atoms with E-state index in [4.69, 9.17) is 4.43 Å². The lowest BCUT2D eigenvalue weighted by Gasteiger charge is -2.42. The molecule has 0 saturated carbocycles. The lowest BCUT2D eigenvalue weighted by molar-refractivity contribution is 0.267. The molecule has 0 bridgehead atoms. The molecule has 0 N–H and O–H groups in total. The van der Waals surface area contributed by atoms with E-state index in [1.54, 1.807) is 0 Å². The van der Waals surface area contributed by atoms with Gasteiger partial charge in [0.15, 0.2) is 0 Å². The second kappa shape index (κ2) is 7.50. The number of halogens is 1. The molecule has 0 saturated heterocycles. The first-order chi connectivity index (χ1) is 10.8. The van der Waals surface area contributed by atoms with E-state index in [1.165, 1.54) is 16.3 Å². The highest BCUT2D eigenvalue weighted by atomic mass is 79.9. The van der Waals surface area contributed by atoms with Gasteiger partial charge in [-0.15, -0.1) is 0 Å². The van der Waals surface area contributed by atoms with Crippen molar-refractivity contribution in [3.63, 3.8) is 0 Å². The molecular formula is C20H29BrOSi. The third-order valence-electron chi connectivity index (χ3n) is 5.10. The van der Waals surface area contributed by atoms with E-state index in [1.807, 2.05) is 0 Å². The summed E-state index contributed by atoms with van der Waals surface area (Å²) >= 11 is 3.65. The largest absolute Gasteiger partial charge is 0.412 e. The Kier molecular flexibility index (Phi) is 6.09. The van der Waals surface area contributed by atoms with Crippen molar-refractivity contribution in [2.75, 3.05) is 0 Å². The second-order valence-electron chi connectivity index (χ2n) is 7.39. The van der Waals surface area contributed by atoms with Crippen molar-refractivity contribution in [3.05, 3.63) is 46.4 Å². The molecule has 0 aromatic heterocycles. The van der Waals surface area contributed by atoms with E-state index in [0.29, 0.717) is 23.2 Å². The van der Waals surface area contributed by atoms with E-state index in [2.05, 4.69) is 93.9 Å². The zero-order valence-corrected chi connectivity index (χ0v) is 17.8. The minimum absolute atomic E-state index is 0.612. The van der Waals surface area contributed by atoms with Gasteiger partial charge in [0.25, 0.3) is 0 Å². The van der Waals surface area contributed by atoms with Crippen LogP contribution in [0.25, 0.3) is 10.8 Å². The number of rotatable bonds is 6. The van der Waals surface area contributed by atoms with Gasteiger partial charge < -0.3 is 4.43 Å². The Morgan fingerprint density at radius 3 is 2.04 bits per heavy atom. The van der Waals surface area contributed by atoms with Crippen LogP contribution in [0.15, 0.2) is 40.9 Å². The van der Waals surface area contributed by atoms with Gasteiger partial charge >= 0.3 is 0 Å². The lowest BCUT2D eigenvalue weighted by atomic mass is 10.1. The van der Waals surface area contributed by atoms with Crippen molar-refractivity contribution in [2.24, 2.45) is 0 Å². The van der Waals surface area contributed by atoms with Crippen molar-refractivity contribution in [3.8, 4) is 0 Å². The molecular weight excluding hydrogens is 364 g/mol. The van der Waals surface area contributed by atoms with Crippen LogP contribution in [0.3, 0.4) is 0 Å². The smallest absolute Gasteiger partial charge is 0.200 e. The van der Waals surface area contributed by atoms with E-state index in [0.717, 1.165) is 4.47 Å². The third-order valence-corrected chi connectivity index (χ3v) is 11.6. The van der Waals surface area contributed by atoms with Crippen LogP contribution in [0, 0.1) is 0 Å². The normalized spacial score (nSPS) is 12.8. The summed E-state index contributed by atoms with van der Waals surface area (Å²) in [5.41, 5.74) is 3.12. The Bertz CT molecular complexity index is 642. The number of hydrogen-bond acceptors (Lipinski definition) is 1. The number of fused-ring (bicyclic) bond motifs is 1. The molecule has 0 spiro atoms. The lowest BCUT2D eigenvalue weighted by Crippen LogP contribution is -2.47. The molecule has 2 aromatic rings. The molecule has 126 valence electrons. The summed E-state index contributed by atoms with van der Waals surface area (Å²) in [4.78, 5) is 0. The molecule has 0 unspecified atom stereocenters. The molecule has 3 heteroatoms. The van der Waals surface area contributed by atoms with Crippen LogP contribution >= 0.6 is 15.9 Å². The van der Waals surface area contributed by atoms with Crippen molar-refractivity contribution in [1.82, 2.24) is 0 Å². The molecule has 0 radical (unpaired) electrons. The minimum atomic E-state index is -1.83. The quantitative estimate of drug-likeness (QED) is 0.468. The predicted molar refractivity (Wildman–Crippen MR) is 107 cm³/mol. The van der Waals surface area contributed by atoms with Gasteiger partial charge in [-0.25, -0.2) is 0 Å². The van der Waals surface area contributed by atoms with Gasteiger partial charge in [0.2, 0.25) is 8.32 Å². The summed E-state index contributed by atoms with van der Waals surface area (Å²) in [6.07, 6.45) is 0. The van der Waals surface area contributed by atoms with Crippen LogP contribution in [0.4, 0.5) is 0 Å². The summed E-state index contributed by atoms with van der Waals surface area (Å²) in [6, 6.07) is 13.0. The Morgan fingerprint density at radius 2 is 1.48 bits per heavy atom. The fourth-order valence-corrected chi connectivity index (χ4v) is 10.1. The van der Waals surface area contributed by atoms with Crippen LogP contribution in [-0.2, 0) is 11.0 Å². The highest BCUT2D eigenvalue weighted by Gasteiger charge is 2.45. The van der Waals surface area contributed by atoms with Crippen molar-refractivity contribution in [1.29, 1.82) is 0 Å². The first-order valence-electron chi connectivity index (χ1n) is 8.60. The Morgan fingerprint density at radius 1 is 0.913 bits per heavy atom. The Balaban J connectivity index is 2.39. The summed E-state index contributed by atoms with van der Waals surface area (Å²) in [7, 11) is -1.83. The van der Waals surface area contributed by atoms with Crippen LogP contribution in [0.5, 0.6) is 0 Å². The van der Waals surface area contributed by atoms with E-state index in [9.17, 15) is 0 Å². The molecule has 0 aliphatic heterocycles. The summed E-state index contributed by atoms with van der Waals surface area (Å²) in [6.45, 7) is 14.7. The van der Waals surface area contributed by atoms with Gasteiger partial charge in [-0.3, -0.25) is 0 Å². The van der Waals surface area contributed by atoms with Gasteiger partial charge in [-0.05, 0) is 45.1 Å². The van der Waals surface area contributed by atoms with Gasteiger partial charge in [0.05, 0.1) is 6.61 Å². The average Bonchev–Trinajstić information content (AvgIpc) is 2.46. The van der Waals surface area contributed by atoms with E-state index in [-0.39, 0.29) is 0 Å². The molecule has 0 aliphatic rings. The van der Waals surface area contributed by atoms with Gasteiger partial charge in [0.1, 0.15) is 0 Å². The van der Waals surface area contributed by atoms with Crippen molar-refractivity contribution < 1.29 is 4.43 Å². The van der Waals surface area contributed by atoms with E-state index < -0.39 is 8.32 Å². The topological polar surface area (TPSA) is 9.23 Å². The molecule has 0 amide bonds. The number of benzene rings is 2. The van der Waals surface area contributed by atoms with Gasteiger partial charge in [0, 0.05) is 4.47 Å². The maximum absolute atomic E-state index is 6.78. The zero-order valence-electron chi connectivity index (χ0n) is 15.2. The maximum Gasteiger partial charge on any atom is 0.200 e. The zero-order chi connectivity index (χ0) is 17.2. The van der Waals surface area contributed by atoms with E-state index >= 15 is 0 Å². The molecule has 2 rings (SSSR count). The first-order valence-corrected chi connectivity index (χ1v) is 11.5. The highest BCUT2D eigenvalue weighted by molar-refractivity contribution is 9.10. The molecule has 0 aliphatic carbocycles. The van der Waals surface area contributed by atoms with Crippen LogP contribution in [0.2, 0.25) is 16.6 Å². The Labute approximate surface area is 150 Å². The maximum atomic E-state index is 6.78. The van der Waals surface area contributed by atoms with Crippen LogP contribution in [0.1, 0.15) is 47.1 Å². The van der Waals surface area contributed by atoms with Crippen LogP contribution < -0.4 is 0 Å². The van der Waals surface area contributed by atoms with Crippen molar-refractivity contribution >= 4 is 35.0 Å². The molecule has 2 aromatic carbocycles. The predicted octanol–water partition coefficient (Wildman–Crippen LogP) is 7.29. The first kappa shape index (κ1) is 18.7. The molecule has 0 atom stereocenters. The summed E-state index contributed by atoms with van der Waals surface area (Å²) in [5, 5.41) is 2.57. The third kappa shape index (κ3) is 3.72. The standard InChI is InChI=1S/C20H29BrOSi/c1-14(2)23(15(3)4,16(5)6)22-13-18-12-19(21)11-17-9-7-8-10-20(17)18/h7-12,14-16H,13H2,1-6H3. The molecule has 23 heavy (non-hydrogen) atoms. The summed E-state index contributed by atoms with van der Waals surface area (Å²) in [5.74, 6) is 0. The SMILES string of the molecule is CC(C)[Si](OCc1cc(Br)cc2ccccc12)(C(C)C)C(C)C. The van der Waals surface area contributed by atoms with Crippen LogP contribution in [-0.4, -0.2) is 8.32 Å². The fraction of sp³-hybridized carbons (Fsp3) is 0.500. The van der Waals surface area contributed by atoms with Gasteiger partial charge in [-0.2, -0.15) is 0 Å². The molecule has 1 nitrogen and oxygen atoms in total. The molecule has 0 heterocycles. The minimum Gasteiger partial charge on any atom is -0.412 e. The highest BCUT2D eigenvalue weighted by Crippen LogP contribution is 2.43. The summed E-state index contributed by atoms with van der Waals surface area (Å²) < 4.78 is 7.91. The second-order valence-corrected chi connectivity index (χ2v) is 13.8. The monoisotopic (exact) mass is 392 g/mol. The fourth-order valence-electron chi connectivity index (χ4n) is 4.17. The molecule has 0 fully saturated rings. The Hall–Kier alpha value is -0.643.